The number of piperidine rings is 1. The van der Waals surface area contributed by atoms with E-state index in [0.717, 1.165) is 30.8 Å². The van der Waals surface area contributed by atoms with E-state index in [0.29, 0.717) is 11.1 Å². The lowest BCUT2D eigenvalue weighted by Gasteiger charge is -2.49. The maximum Gasteiger partial charge on any atom is 0.162 e. The summed E-state index contributed by atoms with van der Waals surface area (Å²) in [7, 11) is 3.25. The third-order valence-corrected chi connectivity index (χ3v) is 6.29. The minimum Gasteiger partial charge on any atom is -0.496 e. The Hall–Kier alpha value is -2.39. The Morgan fingerprint density at radius 2 is 1.84 bits per heavy atom. The maximum atomic E-state index is 14.9. The van der Waals surface area contributed by atoms with Gasteiger partial charge in [0.25, 0.3) is 0 Å². The molecule has 9 heteroatoms. The molecule has 0 amide bonds. The fraction of sp³-hybridized carbons (Fsp3) is 0.500. The summed E-state index contributed by atoms with van der Waals surface area (Å²) in [6.07, 6.45) is 3.95. The van der Waals surface area contributed by atoms with Crippen LogP contribution in [0.5, 0.6) is 5.75 Å². The Kier molecular flexibility index (Phi) is 7.54. The number of nitrogens with two attached hydrogens (primary N) is 1. The van der Waals surface area contributed by atoms with Crippen LogP contribution in [-0.2, 0) is 0 Å². The Bertz CT molecular complexity index is 896. The zero-order valence-electron chi connectivity index (χ0n) is 19.0. The Morgan fingerprint density at radius 1 is 1.26 bits per heavy atom. The molecule has 0 aromatic heterocycles. The fourth-order valence-corrected chi connectivity index (χ4v) is 5.07. The molecular weight excluding hydrogens is 415 g/mol. The smallest absolute Gasteiger partial charge is 0.162 e. The van der Waals surface area contributed by atoms with Crippen LogP contribution in [-0.4, -0.2) is 52.6 Å². The van der Waals surface area contributed by atoms with Crippen LogP contribution in [0.3, 0.4) is 0 Å². The van der Waals surface area contributed by atoms with Gasteiger partial charge >= 0.3 is 0 Å². The summed E-state index contributed by atoms with van der Waals surface area (Å²) in [5, 5.41) is 28.1. The lowest BCUT2D eigenvalue weighted by Crippen LogP contribution is -2.62. The van der Waals surface area contributed by atoms with Gasteiger partial charge < -0.3 is 26.1 Å². The summed E-state index contributed by atoms with van der Waals surface area (Å²) in [5.74, 6) is -0.499. The number of thioether (sulfide) groups is 1. The molecule has 7 nitrogen and oxygen atoms in total. The highest BCUT2D eigenvalue weighted by Crippen LogP contribution is 2.34. The van der Waals surface area contributed by atoms with Crippen LogP contribution in [0.25, 0.3) is 5.57 Å². The topological polar surface area (TPSA) is 122 Å². The first-order valence-corrected chi connectivity index (χ1v) is 10.8. The molecular formula is C22H33FN6OS. The summed E-state index contributed by atoms with van der Waals surface area (Å²) in [5.41, 5.74) is 6.07. The number of rotatable bonds is 5. The van der Waals surface area contributed by atoms with Crippen LogP contribution in [0.1, 0.15) is 51.7 Å². The van der Waals surface area contributed by atoms with Gasteiger partial charge in [0, 0.05) is 42.2 Å². The average Bonchev–Trinajstić information content (AvgIpc) is 2.65. The Morgan fingerprint density at radius 3 is 2.32 bits per heavy atom. The van der Waals surface area contributed by atoms with E-state index in [4.69, 9.17) is 26.7 Å². The number of ether oxygens (including phenoxy) is 1. The minimum absolute atomic E-state index is 0.0123. The number of amidine groups is 1. The molecule has 0 spiro atoms. The molecule has 1 aliphatic rings. The lowest BCUT2D eigenvalue weighted by molar-refractivity contribution is 0.114. The molecule has 0 bridgehead atoms. The van der Waals surface area contributed by atoms with Gasteiger partial charge in [-0.25, -0.2) is 4.39 Å². The first-order valence-electron chi connectivity index (χ1n) is 10.0. The van der Waals surface area contributed by atoms with Crippen LogP contribution in [0.4, 0.5) is 4.39 Å². The molecule has 0 saturated carbocycles. The maximum absolute atomic E-state index is 14.9. The zero-order valence-corrected chi connectivity index (χ0v) is 19.8. The van der Waals surface area contributed by atoms with E-state index in [-0.39, 0.29) is 38.6 Å². The van der Waals surface area contributed by atoms with Gasteiger partial charge in [-0.3, -0.25) is 10.8 Å². The van der Waals surface area contributed by atoms with Crippen molar-refractivity contribution in [3.05, 3.63) is 35.3 Å². The molecule has 1 aliphatic heterocycles. The highest BCUT2D eigenvalue weighted by Gasteiger charge is 2.40. The molecule has 0 radical (unpaired) electrons. The van der Waals surface area contributed by atoms with Crippen molar-refractivity contribution in [2.45, 2.75) is 57.7 Å². The van der Waals surface area contributed by atoms with Gasteiger partial charge in [0.15, 0.2) is 5.17 Å². The van der Waals surface area contributed by atoms with Gasteiger partial charge in [-0.2, -0.15) is 0 Å². The molecule has 170 valence electrons. The fourth-order valence-electron chi connectivity index (χ4n) is 4.28. The molecule has 31 heavy (non-hydrogen) atoms. The third kappa shape index (κ3) is 5.86. The lowest BCUT2D eigenvalue weighted by atomic mass is 9.79. The molecule has 6 N–H and O–H groups in total. The first kappa shape index (κ1) is 24.9. The minimum atomic E-state index is -0.660. The normalized spacial score (nSPS) is 18.4. The third-order valence-electron chi connectivity index (χ3n) is 5.40. The molecule has 1 aromatic carbocycles. The van der Waals surface area contributed by atoms with E-state index in [1.165, 1.54) is 19.4 Å². The van der Waals surface area contributed by atoms with Gasteiger partial charge in [0.1, 0.15) is 16.6 Å². The number of nitrogens with zero attached hydrogens (tertiary/aromatic N) is 1. The number of benzene rings is 1. The van der Waals surface area contributed by atoms with Gasteiger partial charge in [0.05, 0.1) is 12.7 Å². The van der Waals surface area contributed by atoms with Crippen LogP contribution in [0.15, 0.2) is 18.3 Å². The van der Waals surface area contributed by atoms with E-state index < -0.39 is 5.82 Å². The molecule has 1 fully saturated rings. The number of halogens is 1. The number of nitrogens with one attached hydrogen (secondary N) is 4. The molecule has 2 rings (SSSR count). The van der Waals surface area contributed by atoms with Gasteiger partial charge in [-0.1, -0.05) is 0 Å². The largest absolute Gasteiger partial charge is 0.496 e. The molecule has 1 saturated heterocycles. The quantitative estimate of drug-likeness (QED) is 0.344. The van der Waals surface area contributed by atoms with Crippen molar-refractivity contribution in [1.29, 1.82) is 16.2 Å². The zero-order chi connectivity index (χ0) is 23.6. The first-order chi connectivity index (χ1) is 14.3. The predicted molar refractivity (Wildman–Crippen MR) is 128 cm³/mol. The molecule has 0 aliphatic carbocycles. The monoisotopic (exact) mass is 448 g/mol. The van der Waals surface area contributed by atoms with Crippen molar-refractivity contribution in [1.82, 2.24) is 10.2 Å². The standard InChI is InChI=1S/C22H33FN6OS/c1-21(2)9-15(10-22(3,4)28-21)29(5)20(27)31-19(26)18-16(23)7-13(8-17(18)30-6)14(11-24)12-25/h7-8,11-12,15,24,26-28H,9-10,25H2,1-6H3/b14-12+,24-11?,26-19?,27-20?. The van der Waals surface area contributed by atoms with Crippen molar-refractivity contribution >= 4 is 33.8 Å². The van der Waals surface area contributed by atoms with Crippen molar-refractivity contribution < 1.29 is 9.13 Å². The Labute approximate surface area is 188 Å². The van der Waals surface area contributed by atoms with Gasteiger partial charge in [-0.05, 0) is 70.0 Å². The van der Waals surface area contributed by atoms with E-state index in [2.05, 4.69) is 33.0 Å². The summed E-state index contributed by atoms with van der Waals surface area (Å²) in [6, 6.07) is 2.89. The van der Waals surface area contributed by atoms with Crippen molar-refractivity contribution in [2.24, 2.45) is 5.73 Å². The number of hydrogen-bond acceptors (Lipinski definition) is 7. The summed E-state index contributed by atoms with van der Waals surface area (Å²) in [6.45, 7) is 8.59. The van der Waals surface area contributed by atoms with E-state index in [9.17, 15) is 4.39 Å². The molecule has 0 unspecified atom stereocenters. The van der Waals surface area contributed by atoms with Gasteiger partial charge in [0.2, 0.25) is 0 Å². The number of allylic oxidation sites excluding steroid dienone is 1. The van der Waals surface area contributed by atoms with Crippen molar-refractivity contribution in [2.75, 3.05) is 14.2 Å². The predicted octanol–water partition coefficient (Wildman–Crippen LogP) is 4.02. The second-order valence-corrected chi connectivity index (χ2v) is 10.1. The van der Waals surface area contributed by atoms with Crippen LogP contribution in [0, 0.1) is 22.0 Å². The second kappa shape index (κ2) is 9.40. The second-order valence-electron chi connectivity index (χ2n) is 9.10. The number of hydrogen-bond donors (Lipinski definition) is 5. The van der Waals surface area contributed by atoms with Crippen LogP contribution >= 0.6 is 11.8 Å². The van der Waals surface area contributed by atoms with Gasteiger partial charge in [-0.15, -0.1) is 0 Å². The van der Waals surface area contributed by atoms with Crippen molar-refractivity contribution in [3.63, 3.8) is 0 Å². The SMILES string of the molecule is COc1cc(/C(C=N)=C/N)cc(F)c1C(=N)SC(=N)N(C)C1CC(C)(C)NC(C)(C)C1. The van der Waals surface area contributed by atoms with E-state index in [1.54, 1.807) is 6.07 Å². The number of methoxy groups -OCH3 is 1. The Balaban J connectivity index is 2.24. The van der Waals surface area contributed by atoms with Crippen molar-refractivity contribution in [3.8, 4) is 5.75 Å². The highest BCUT2D eigenvalue weighted by molar-refractivity contribution is 8.26. The summed E-state index contributed by atoms with van der Waals surface area (Å²) in [4.78, 5) is 1.87. The molecule has 1 heterocycles. The van der Waals surface area contributed by atoms with E-state index in [1.807, 2.05) is 11.9 Å². The molecule has 0 atom stereocenters. The molecule has 1 aromatic rings. The summed E-state index contributed by atoms with van der Waals surface area (Å²) < 4.78 is 20.2. The van der Waals surface area contributed by atoms with E-state index >= 15 is 0 Å². The summed E-state index contributed by atoms with van der Waals surface area (Å²) >= 11 is 0.892. The average molecular weight is 449 g/mol. The van der Waals surface area contributed by atoms with Crippen LogP contribution < -0.4 is 15.8 Å². The highest BCUT2D eigenvalue weighted by atomic mass is 32.2. The van der Waals surface area contributed by atoms with Crippen LogP contribution in [0.2, 0.25) is 0 Å².